The van der Waals surface area contributed by atoms with Gasteiger partial charge in [-0.2, -0.15) is 0 Å². The van der Waals surface area contributed by atoms with Crippen LogP contribution >= 0.6 is 0 Å². The lowest BCUT2D eigenvalue weighted by molar-refractivity contribution is -0.0341. The van der Waals surface area contributed by atoms with Crippen LogP contribution in [0.1, 0.15) is 50.8 Å². The fourth-order valence-corrected chi connectivity index (χ4v) is 4.01. The van der Waals surface area contributed by atoms with Crippen LogP contribution in [0.5, 0.6) is 0 Å². The topological polar surface area (TPSA) is 75.5 Å². The number of rotatable bonds is 6. The molecule has 4 heterocycles. The zero-order valence-corrected chi connectivity index (χ0v) is 16.4. The molecule has 4 rings (SSSR count). The van der Waals surface area contributed by atoms with Crippen molar-refractivity contribution in [2.24, 2.45) is 0 Å². The van der Waals surface area contributed by atoms with Crippen LogP contribution in [-0.2, 0) is 4.74 Å². The van der Waals surface area contributed by atoms with Gasteiger partial charge in [-0.25, -0.2) is 23.5 Å². The molecule has 156 valence electrons. The van der Waals surface area contributed by atoms with Gasteiger partial charge in [-0.15, -0.1) is 0 Å². The monoisotopic (exact) mass is 405 g/mol. The standard InChI is InChI=1S/C20H25F2N5O2/c1-2-6-20(21,22)7-10-29-19(28)26-9-3-4-14(13-26)18-25-12-15-11-24-17-16(27(15)18)5-8-23-17/h5,8,11-12,14,23H,2-4,6-7,9-10,13H2,1H3/t14-/m1/s1. The number of hydrogen-bond acceptors (Lipinski definition) is 4. The van der Waals surface area contributed by atoms with Crippen LogP contribution < -0.4 is 0 Å². The van der Waals surface area contributed by atoms with E-state index in [0.717, 1.165) is 35.3 Å². The van der Waals surface area contributed by atoms with Gasteiger partial charge in [0.1, 0.15) is 5.82 Å². The predicted molar refractivity (Wildman–Crippen MR) is 104 cm³/mol. The summed E-state index contributed by atoms with van der Waals surface area (Å²) < 4.78 is 34.4. The van der Waals surface area contributed by atoms with Gasteiger partial charge in [0.15, 0.2) is 5.65 Å². The molecule has 1 saturated heterocycles. The Labute approximate surface area is 167 Å². The number of fused-ring (bicyclic) bond motifs is 3. The quantitative estimate of drug-likeness (QED) is 0.661. The van der Waals surface area contributed by atoms with Crippen LogP contribution in [0, 0.1) is 0 Å². The number of imidazole rings is 1. The highest BCUT2D eigenvalue weighted by atomic mass is 19.3. The van der Waals surface area contributed by atoms with E-state index in [1.807, 2.05) is 12.3 Å². The first-order chi connectivity index (χ1) is 14.0. The lowest BCUT2D eigenvalue weighted by Crippen LogP contribution is -2.40. The molecule has 1 fully saturated rings. The first kappa shape index (κ1) is 19.6. The Kier molecular flexibility index (Phi) is 5.38. The average Bonchev–Trinajstić information content (AvgIpc) is 3.34. The van der Waals surface area contributed by atoms with E-state index in [2.05, 4.69) is 19.4 Å². The Bertz CT molecular complexity index is 999. The van der Waals surface area contributed by atoms with Crippen molar-refractivity contribution in [2.45, 2.75) is 50.9 Å². The third kappa shape index (κ3) is 4.04. The lowest BCUT2D eigenvalue weighted by atomic mass is 9.97. The molecule has 0 radical (unpaired) electrons. The largest absolute Gasteiger partial charge is 0.449 e. The van der Waals surface area contributed by atoms with Gasteiger partial charge in [-0.05, 0) is 18.9 Å². The summed E-state index contributed by atoms with van der Waals surface area (Å²) in [5, 5.41) is 0. The number of piperidine rings is 1. The number of ether oxygens (including phenoxy) is 1. The van der Waals surface area contributed by atoms with Crippen molar-refractivity contribution in [1.82, 2.24) is 24.3 Å². The maximum atomic E-state index is 13.6. The molecule has 0 unspecified atom stereocenters. The van der Waals surface area contributed by atoms with Crippen LogP contribution in [0.25, 0.3) is 16.7 Å². The Morgan fingerprint density at radius 1 is 1.34 bits per heavy atom. The number of halogens is 2. The molecule has 1 amide bonds. The van der Waals surface area contributed by atoms with Crippen molar-refractivity contribution >= 4 is 22.8 Å². The second-order valence-electron chi connectivity index (χ2n) is 7.60. The van der Waals surface area contributed by atoms with Crippen LogP contribution in [0.3, 0.4) is 0 Å². The Balaban J connectivity index is 1.44. The van der Waals surface area contributed by atoms with Gasteiger partial charge in [0, 0.05) is 38.0 Å². The number of aromatic nitrogens is 4. The molecular formula is C20H25F2N5O2. The highest BCUT2D eigenvalue weighted by molar-refractivity contribution is 5.75. The molecule has 0 saturated carbocycles. The van der Waals surface area contributed by atoms with Gasteiger partial charge in [0.2, 0.25) is 0 Å². The summed E-state index contributed by atoms with van der Waals surface area (Å²) in [4.78, 5) is 26.1. The highest BCUT2D eigenvalue weighted by Gasteiger charge is 2.31. The second-order valence-corrected chi connectivity index (χ2v) is 7.60. The molecule has 0 aliphatic carbocycles. The molecule has 9 heteroatoms. The van der Waals surface area contributed by atoms with E-state index in [-0.39, 0.29) is 18.9 Å². The van der Waals surface area contributed by atoms with Crippen molar-refractivity contribution in [3.63, 3.8) is 0 Å². The van der Waals surface area contributed by atoms with Crippen molar-refractivity contribution in [1.29, 1.82) is 0 Å². The predicted octanol–water partition coefficient (Wildman–Crippen LogP) is 4.35. The fourth-order valence-electron chi connectivity index (χ4n) is 4.01. The second kappa shape index (κ2) is 7.96. The van der Waals surface area contributed by atoms with Crippen molar-refractivity contribution in [2.75, 3.05) is 19.7 Å². The van der Waals surface area contributed by atoms with Gasteiger partial charge < -0.3 is 14.6 Å². The fraction of sp³-hybridized carbons (Fsp3) is 0.550. The minimum absolute atomic E-state index is 0.0424. The van der Waals surface area contributed by atoms with Gasteiger partial charge >= 0.3 is 6.09 Å². The summed E-state index contributed by atoms with van der Waals surface area (Å²) >= 11 is 0. The molecule has 0 aromatic carbocycles. The van der Waals surface area contributed by atoms with E-state index in [9.17, 15) is 13.6 Å². The number of H-pyrrole nitrogens is 1. The molecule has 29 heavy (non-hydrogen) atoms. The van der Waals surface area contributed by atoms with Crippen LogP contribution in [0.4, 0.5) is 13.6 Å². The smallest absolute Gasteiger partial charge is 0.409 e. The Hall–Kier alpha value is -2.71. The van der Waals surface area contributed by atoms with Gasteiger partial charge in [-0.3, -0.25) is 4.40 Å². The normalized spacial score (nSPS) is 17.9. The summed E-state index contributed by atoms with van der Waals surface area (Å²) in [5.41, 5.74) is 2.61. The molecule has 1 aliphatic heterocycles. The zero-order chi connectivity index (χ0) is 20.4. The SMILES string of the molecule is CCCC(F)(F)CCOC(=O)N1CCC[C@@H](c2ncc3cnc4[nH]ccc4n23)C1. The first-order valence-electron chi connectivity index (χ1n) is 10.1. The van der Waals surface area contributed by atoms with E-state index >= 15 is 0 Å². The number of amides is 1. The first-order valence-corrected chi connectivity index (χ1v) is 10.1. The molecule has 1 N–H and O–H groups in total. The van der Waals surface area contributed by atoms with Crippen LogP contribution in [0.2, 0.25) is 0 Å². The third-order valence-electron chi connectivity index (χ3n) is 5.44. The summed E-state index contributed by atoms with van der Waals surface area (Å²) in [5.74, 6) is -1.87. The number of nitrogens with one attached hydrogen (secondary N) is 1. The molecule has 1 aliphatic rings. The molecule has 7 nitrogen and oxygen atoms in total. The number of aromatic amines is 1. The maximum Gasteiger partial charge on any atom is 0.409 e. The number of carbonyl (C=O) groups excluding carboxylic acids is 1. The summed E-state index contributed by atoms with van der Waals surface area (Å²) in [7, 11) is 0. The summed E-state index contributed by atoms with van der Waals surface area (Å²) in [6, 6.07) is 1.95. The van der Waals surface area contributed by atoms with Gasteiger partial charge in [0.25, 0.3) is 5.92 Å². The number of carbonyl (C=O) groups is 1. The van der Waals surface area contributed by atoms with E-state index < -0.39 is 18.4 Å². The Morgan fingerprint density at radius 2 is 2.17 bits per heavy atom. The van der Waals surface area contributed by atoms with E-state index in [1.165, 1.54) is 0 Å². The molecule has 3 aromatic rings. The van der Waals surface area contributed by atoms with Crippen molar-refractivity contribution < 1.29 is 18.3 Å². The maximum absolute atomic E-state index is 13.6. The minimum Gasteiger partial charge on any atom is -0.449 e. The van der Waals surface area contributed by atoms with Crippen molar-refractivity contribution in [3.05, 3.63) is 30.5 Å². The highest BCUT2D eigenvalue weighted by Crippen LogP contribution is 2.29. The molecular weight excluding hydrogens is 380 g/mol. The third-order valence-corrected chi connectivity index (χ3v) is 5.44. The lowest BCUT2D eigenvalue weighted by Gasteiger charge is -2.31. The summed E-state index contributed by atoms with van der Waals surface area (Å²) in [6.07, 6.45) is 6.32. The van der Waals surface area contributed by atoms with Gasteiger partial charge in [0.05, 0.1) is 30.0 Å². The zero-order valence-electron chi connectivity index (χ0n) is 16.4. The van der Waals surface area contributed by atoms with E-state index in [0.29, 0.717) is 19.5 Å². The van der Waals surface area contributed by atoms with E-state index in [4.69, 9.17) is 4.74 Å². The molecule has 0 spiro atoms. The van der Waals surface area contributed by atoms with Crippen molar-refractivity contribution in [3.8, 4) is 0 Å². The Morgan fingerprint density at radius 3 is 3.00 bits per heavy atom. The average molecular weight is 405 g/mol. The van der Waals surface area contributed by atoms with E-state index in [1.54, 1.807) is 24.2 Å². The molecule has 0 bridgehead atoms. The number of hydrogen-bond donors (Lipinski definition) is 1. The minimum atomic E-state index is -2.79. The summed E-state index contributed by atoms with van der Waals surface area (Å²) in [6.45, 7) is 2.46. The van der Waals surface area contributed by atoms with Crippen LogP contribution in [0.15, 0.2) is 24.7 Å². The number of nitrogens with zero attached hydrogens (tertiary/aromatic N) is 4. The number of likely N-dealkylation sites (tertiary alicyclic amines) is 1. The molecule has 3 aromatic heterocycles. The molecule has 1 atom stereocenters. The van der Waals surface area contributed by atoms with Crippen LogP contribution in [-0.4, -0.2) is 56.0 Å². The number of alkyl halides is 2. The van der Waals surface area contributed by atoms with Gasteiger partial charge in [-0.1, -0.05) is 13.3 Å².